The Kier molecular flexibility index (Phi) is 40.8. The zero-order valence-corrected chi connectivity index (χ0v) is 42.7. The molecule has 350 valence electrons. The number of aliphatic hydroxyl groups excluding tert-OH is 1. The van der Waals surface area contributed by atoms with Crippen molar-refractivity contribution in [2.45, 2.75) is 197 Å². The van der Waals surface area contributed by atoms with Crippen molar-refractivity contribution in [2.75, 3.05) is 27.8 Å². The maximum atomic E-state index is 10.3. The topological polar surface area (TPSA) is 88.5 Å². The monoisotopic (exact) mass is 828 g/mol. The molecule has 0 fully saturated rings. The molecule has 0 aromatic heterocycles. The van der Waals surface area contributed by atoms with E-state index in [9.17, 15) is 4.79 Å². The van der Waals surface area contributed by atoms with Gasteiger partial charge in [-0.2, -0.15) is 0 Å². The van der Waals surface area contributed by atoms with Crippen LogP contribution in [0.1, 0.15) is 191 Å². The number of nitrogens with zero attached hydrogens (tertiary/aromatic N) is 1. The van der Waals surface area contributed by atoms with E-state index in [1.54, 1.807) is 21.0 Å². The van der Waals surface area contributed by atoms with Gasteiger partial charge in [-0.3, -0.25) is 4.79 Å². The molecule has 7 heteroatoms. The molecule has 0 aromatic rings. The average Bonchev–Trinajstić information content (AvgIpc) is 3.12. The second-order valence-electron chi connectivity index (χ2n) is 19.1. The van der Waals surface area contributed by atoms with E-state index in [-0.39, 0.29) is 35.2 Å². The Morgan fingerprint density at radius 3 is 1.07 bits per heavy atom. The quantitative estimate of drug-likeness (QED) is 0.133. The molecule has 0 radical (unpaired) electrons. The highest BCUT2D eigenvalue weighted by molar-refractivity contribution is 5.73. The van der Waals surface area contributed by atoms with Crippen molar-refractivity contribution < 1.29 is 29.2 Å². The molecule has 0 amide bonds. The van der Waals surface area contributed by atoms with Gasteiger partial charge in [-0.05, 0) is 85.0 Å². The molecular weight excluding hydrogens is 723 g/mol. The van der Waals surface area contributed by atoms with Gasteiger partial charge in [0.15, 0.2) is 0 Å². The molecule has 0 saturated heterocycles. The standard InChI is InChI=1S/2C11H22O.C8H17N.C8H16O.C6H12O2.C6H12O.CH4/c1-8-11(6,7)9(2)12-10(3,4)5;1-7-11(5,6)10(4)12-8-9(2)3;1-6-7(2)8(3)9(4)5;1-6-8(3,4)7(2)9-5;1-4-6(2,3)5(7)8;1-4-5(2)6(3)7;/h2,8H2,1,3-7H3;9H,4,7-8H2,1-3,5-6H3;7H,3,6H2,1-2,4-5H3;2,6H2,1,3-5H3;4H2,1-3H3,(H,7,8);5,7H,3-4H2,1-2H3;1H4. The summed E-state index contributed by atoms with van der Waals surface area (Å²) in [5.74, 6) is 3.71. The molecule has 2 atom stereocenters. The molecule has 0 rings (SSSR count). The second kappa shape index (κ2) is 33.9. The molecule has 0 aliphatic carbocycles. The highest BCUT2D eigenvalue weighted by Crippen LogP contribution is 2.32. The van der Waals surface area contributed by atoms with E-state index in [1.165, 1.54) is 12.1 Å². The molecule has 0 aromatic carbocycles. The highest BCUT2D eigenvalue weighted by Gasteiger charge is 2.25. The van der Waals surface area contributed by atoms with Crippen molar-refractivity contribution in [3.8, 4) is 0 Å². The molecular formula is C51H105NO6. The molecule has 58 heavy (non-hydrogen) atoms. The number of hydrogen-bond donors (Lipinski definition) is 2. The summed E-state index contributed by atoms with van der Waals surface area (Å²) in [4.78, 5) is 12.3. The van der Waals surface area contributed by atoms with Crippen molar-refractivity contribution in [3.05, 3.63) is 61.6 Å². The minimum atomic E-state index is -0.722. The summed E-state index contributed by atoms with van der Waals surface area (Å²) in [7, 11) is 5.74. The van der Waals surface area contributed by atoms with E-state index >= 15 is 0 Å². The van der Waals surface area contributed by atoms with Crippen LogP contribution in [0.15, 0.2) is 61.6 Å². The fraction of sp³-hybridized carbons (Fsp3) is 0.784. The van der Waals surface area contributed by atoms with Gasteiger partial charge in [0, 0.05) is 42.0 Å². The Morgan fingerprint density at radius 2 is 0.914 bits per heavy atom. The first-order chi connectivity index (χ1) is 25.4. The van der Waals surface area contributed by atoms with Crippen molar-refractivity contribution >= 4 is 5.97 Å². The van der Waals surface area contributed by atoms with Gasteiger partial charge < -0.3 is 29.3 Å². The lowest BCUT2D eigenvalue weighted by Gasteiger charge is -2.31. The number of carbonyl (C=O) groups is 1. The first-order valence-electron chi connectivity index (χ1n) is 21.3. The zero-order chi connectivity index (χ0) is 47.3. The fourth-order valence-corrected chi connectivity index (χ4v) is 2.90. The SMILES string of the molecule is C.C=C(C(C)CC)N(C)C.C=C(O)C(C)CC.C=C(OC(C)(C)C)C(C)(C)CC.C=C(OC)C(C)(C)CC.C=C(OCC(C)C)C(C)(C)CC.CCC(C)(C)C(=O)O. The van der Waals surface area contributed by atoms with E-state index in [1.807, 2.05) is 55.6 Å². The van der Waals surface area contributed by atoms with E-state index < -0.39 is 11.4 Å². The van der Waals surface area contributed by atoms with Gasteiger partial charge in [0.1, 0.15) is 5.60 Å². The predicted molar refractivity (Wildman–Crippen MR) is 260 cm³/mol. The molecule has 0 spiro atoms. The van der Waals surface area contributed by atoms with Crippen molar-refractivity contribution in [2.24, 2.45) is 39.4 Å². The van der Waals surface area contributed by atoms with Crippen LogP contribution in [0.3, 0.4) is 0 Å². The van der Waals surface area contributed by atoms with Crippen LogP contribution in [-0.4, -0.2) is 54.5 Å². The predicted octanol–water partition coefficient (Wildman–Crippen LogP) is 16.3. The van der Waals surface area contributed by atoms with Crippen LogP contribution in [0.4, 0.5) is 0 Å². The van der Waals surface area contributed by atoms with Gasteiger partial charge in [0.05, 0.1) is 42.2 Å². The molecule has 7 nitrogen and oxygen atoms in total. The summed E-state index contributed by atoms with van der Waals surface area (Å²) in [6.45, 7) is 63.2. The van der Waals surface area contributed by atoms with Crippen LogP contribution in [0.2, 0.25) is 0 Å². The van der Waals surface area contributed by atoms with Crippen LogP contribution in [0, 0.1) is 39.4 Å². The molecule has 0 aliphatic heterocycles. The maximum Gasteiger partial charge on any atom is 0.309 e. The third-order valence-electron chi connectivity index (χ3n) is 10.6. The Balaban J connectivity index is -0.000000108. The van der Waals surface area contributed by atoms with Crippen LogP contribution in [0.5, 0.6) is 0 Å². The third kappa shape index (κ3) is 38.7. The lowest BCUT2D eigenvalue weighted by Crippen LogP contribution is -2.25. The van der Waals surface area contributed by atoms with Crippen LogP contribution < -0.4 is 0 Å². The third-order valence-corrected chi connectivity index (χ3v) is 10.6. The summed E-state index contributed by atoms with van der Waals surface area (Å²) < 4.78 is 16.3. The molecule has 2 N–H and O–H groups in total. The molecule has 0 saturated carbocycles. The number of aliphatic carboxylic acids is 1. The van der Waals surface area contributed by atoms with Gasteiger partial charge in [-0.15, -0.1) is 0 Å². The van der Waals surface area contributed by atoms with Crippen molar-refractivity contribution in [3.63, 3.8) is 0 Å². The summed E-state index contributed by atoms with van der Waals surface area (Å²) in [6, 6.07) is 0. The van der Waals surface area contributed by atoms with E-state index in [0.29, 0.717) is 24.0 Å². The highest BCUT2D eigenvalue weighted by atomic mass is 16.5. The minimum absolute atomic E-state index is 0. The first-order valence-corrected chi connectivity index (χ1v) is 21.3. The summed E-state index contributed by atoms with van der Waals surface area (Å²) in [6.07, 6.45) is 6.03. The van der Waals surface area contributed by atoms with Crippen LogP contribution >= 0.6 is 0 Å². The summed E-state index contributed by atoms with van der Waals surface area (Å²) >= 11 is 0. The van der Waals surface area contributed by atoms with Gasteiger partial charge in [0.2, 0.25) is 0 Å². The molecule has 0 bridgehead atoms. The fourth-order valence-electron chi connectivity index (χ4n) is 2.90. The smallest absolute Gasteiger partial charge is 0.309 e. The average molecular weight is 828 g/mol. The van der Waals surface area contributed by atoms with Crippen LogP contribution in [-0.2, 0) is 19.0 Å². The normalized spacial score (nSPS) is 12.0. The number of carboxylic acids is 1. The Labute approximate surface area is 364 Å². The van der Waals surface area contributed by atoms with Crippen LogP contribution in [0.25, 0.3) is 0 Å². The number of hydrogen-bond acceptors (Lipinski definition) is 6. The number of methoxy groups -OCH3 is 1. The zero-order valence-electron chi connectivity index (χ0n) is 42.7. The Bertz CT molecular complexity index is 1120. The van der Waals surface area contributed by atoms with Gasteiger partial charge in [-0.25, -0.2) is 0 Å². The number of ether oxygens (including phenoxy) is 3. The van der Waals surface area contributed by atoms with Gasteiger partial charge >= 0.3 is 5.97 Å². The van der Waals surface area contributed by atoms with E-state index in [0.717, 1.165) is 49.6 Å². The minimum Gasteiger partial charge on any atom is -0.513 e. The lowest BCUT2D eigenvalue weighted by atomic mass is 9.88. The van der Waals surface area contributed by atoms with Crippen molar-refractivity contribution in [1.29, 1.82) is 0 Å². The number of rotatable bonds is 18. The van der Waals surface area contributed by atoms with Crippen molar-refractivity contribution in [1.82, 2.24) is 4.90 Å². The number of carboxylic acid groups (broad SMARTS) is 1. The summed E-state index contributed by atoms with van der Waals surface area (Å²) in [5, 5.41) is 17.1. The Hall–Kier alpha value is -2.83. The second-order valence-corrected chi connectivity index (χ2v) is 19.1. The van der Waals surface area contributed by atoms with E-state index in [4.69, 9.17) is 24.4 Å². The molecule has 0 aliphatic rings. The van der Waals surface area contributed by atoms with Gasteiger partial charge in [-0.1, -0.05) is 151 Å². The Morgan fingerprint density at radius 1 is 0.586 bits per heavy atom. The molecule has 2 unspecified atom stereocenters. The molecule has 0 heterocycles. The van der Waals surface area contributed by atoms with E-state index in [2.05, 4.69) is 128 Å². The summed E-state index contributed by atoms with van der Waals surface area (Å²) in [5.41, 5.74) is 0.901. The number of aliphatic hydroxyl groups is 1. The number of allylic oxidation sites excluding steroid dienone is 5. The maximum absolute atomic E-state index is 10.3. The first kappa shape index (κ1) is 69.8. The largest absolute Gasteiger partial charge is 0.513 e. The lowest BCUT2D eigenvalue weighted by molar-refractivity contribution is -0.147. The van der Waals surface area contributed by atoms with Gasteiger partial charge in [0.25, 0.3) is 0 Å².